The molecule has 0 saturated carbocycles. The topological polar surface area (TPSA) is 102 Å². The minimum Gasteiger partial charge on any atom is -0.461 e. The van der Waals surface area contributed by atoms with E-state index in [2.05, 4.69) is 15.7 Å². The third kappa shape index (κ3) is 5.61. The van der Waals surface area contributed by atoms with Gasteiger partial charge in [0, 0.05) is 17.4 Å². The van der Waals surface area contributed by atoms with Gasteiger partial charge in [-0.2, -0.15) is 5.10 Å². The maximum atomic E-state index is 13.4. The second-order valence-corrected chi connectivity index (χ2v) is 8.51. The van der Waals surface area contributed by atoms with Gasteiger partial charge in [-0.1, -0.05) is 6.07 Å². The van der Waals surface area contributed by atoms with E-state index in [9.17, 15) is 18.8 Å². The first-order chi connectivity index (χ1) is 16.8. The van der Waals surface area contributed by atoms with E-state index in [0.29, 0.717) is 26.8 Å². The number of aromatic nitrogens is 2. The number of benzene rings is 2. The molecule has 2 aromatic carbocycles. The minimum atomic E-state index is -0.502. The number of carbonyl (C=O) groups is 3. The SMILES string of the molecule is CCOC(=O)c1ccn(-c2ccc(NC(=O)c3sc(NC(=O)c4cccc(F)c4)cc3C)cc2)n1. The molecule has 4 aromatic rings. The van der Waals surface area contributed by atoms with E-state index in [4.69, 9.17) is 4.74 Å². The molecule has 8 nitrogen and oxygen atoms in total. The van der Waals surface area contributed by atoms with Crippen LogP contribution in [0.15, 0.2) is 66.9 Å². The third-order valence-electron chi connectivity index (χ3n) is 4.91. The van der Waals surface area contributed by atoms with E-state index in [1.165, 1.54) is 22.9 Å². The van der Waals surface area contributed by atoms with E-state index < -0.39 is 17.7 Å². The van der Waals surface area contributed by atoms with Crippen LogP contribution in [0.4, 0.5) is 15.1 Å². The lowest BCUT2D eigenvalue weighted by atomic mass is 10.2. The number of hydrogen-bond acceptors (Lipinski definition) is 6. The molecule has 10 heteroatoms. The van der Waals surface area contributed by atoms with Crippen LogP contribution in [-0.4, -0.2) is 34.2 Å². The predicted octanol–water partition coefficient (Wildman–Crippen LogP) is 5.06. The maximum Gasteiger partial charge on any atom is 0.358 e. The lowest BCUT2D eigenvalue weighted by Crippen LogP contribution is -2.12. The van der Waals surface area contributed by atoms with Gasteiger partial charge in [0.25, 0.3) is 11.8 Å². The Kier molecular flexibility index (Phi) is 7.02. The number of hydrogen-bond donors (Lipinski definition) is 2. The zero-order valence-electron chi connectivity index (χ0n) is 18.9. The molecule has 0 aliphatic carbocycles. The zero-order chi connectivity index (χ0) is 24.9. The standard InChI is InChI=1S/C25H21FN4O4S/c1-3-34-25(33)20-11-12-30(29-20)19-9-7-18(8-10-19)27-24(32)22-15(2)13-21(35-22)28-23(31)16-5-4-6-17(26)14-16/h4-14H,3H2,1-2H3,(H,27,32)(H,28,31). The summed E-state index contributed by atoms with van der Waals surface area (Å²) < 4.78 is 19.9. The molecular weight excluding hydrogens is 471 g/mol. The summed E-state index contributed by atoms with van der Waals surface area (Å²) in [5.41, 5.74) is 2.36. The lowest BCUT2D eigenvalue weighted by Gasteiger charge is -2.06. The monoisotopic (exact) mass is 492 g/mol. The molecular formula is C25H21FN4O4S. The van der Waals surface area contributed by atoms with Crippen LogP contribution in [0.1, 0.15) is 43.0 Å². The highest BCUT2D eigenvalue weighted by atomic mass is 32.1. The van der Waals surface area contributed by atoms with Crippen LogP contribution in [0, 0.1) is 12.7 Å². The average Bonchev–Trinajstić information content (AvgIpc) is 3.47. The zero-order valence-corrected chi connectivity index (χ0v) is 19.7. The van der Waals surface area contributed by atoms with Crippen molar-refractivity contribution in [2.75, 3.05) is 17.2 Å². The van der Waals surface area contributed by atoms with Gasteiger partial charge in [-0.25, -0.2) is 13.9 Å². The number of amides is 2. The normalized spacial score (nSPS) is 10.6. The Bertz CT molecular complexity index is 1390. The number of rotatable bonds is 7. The number of nitrogens with zero attached hydrogens (tertiary/aromatic N) is 2. The fourth-order valence-electron chi connectivity index (χ4n) is 3.25. The largest absolute Gasteiger partial charge is 0.461 e. The number of halogens is 1. The van der Waals surface area contributed by atoms with Gasteiger partial charge in [0.1, 0.15) is 5.82 Å². The summed E-state index contributed by atoms with van der Waals surface area (Å²) >= 11 is 1.13. The molecule has 0 unspecified atom stereocenters. The molecule has 2 amide bonds. The van der Waals surface area contributed by atoms with Crippen LogP contribution in [0.25, 0.3) is 5.69 Å². The van der Waals surface area contributed by atoms with Gasteiger partial charge in [0.15, 0.2) is 5.69 Å². The lowest BCUT2D eigenvalue weighted by molar-refractivity contribution is 0.0518. The van der Waals surface area contributed by atoms with Crippen molar-refractivity contribution in [3.8, 4) is 5.69 Å². The van der Waals surface area contributed by atoms with Crippen molar-refractivity contribution in [3.63, 3.8) is 0 Å². The first kappa shape index (κ1) is 23.8. The molecule has 0 aliphatic heterocycles. The smallest absolute Gasteiger partial charge is 0.358 e. The first-order valence-electron chi connectivity index (χ1n) is 10.7. The summed E-state index contributed by atoms with van der Waals surface area (Å²) in [5, 5.41) is 10.2. The maximum absolute atomic E-state index is 13.4. The van der Waals surface area contributed by atoms with Gasteiger partial charge in [-0.3, -0.25) is 9.59 Å². The highest BCUT2D eigenvalue weighted by Gasteiger charge is 2.17. The van der Waals surface area contributed by atoms with Crippen LogP contribution in [0.3, 0.4) is 0 Å². The second kappa shape index (κ2) is 10.3. The predicted molar refractivity (Wildman–Crippen MR) is 131 cm³/mol. The van der Waals surface area contributed by atoms with Crippen LogP contribution in [0.2, 0.25) is 0 Å². The van der Waals surface area contributed by atoms with Crippen LogP contribution in [-0.2, 0) is 4.74 Å². The summed E-state index contributed by atoms with van der Waals surface area (Å²) in [4.78, 5) is 37.4. The Hall–Kier alpha value is -4.31. The summed E-state index contributed by atoms with van der Waals surface area (Å²) in [6.07, 6.45) is 1.65. The molecule has 0 aliphatic rings. The Balaban J connectivity index is 1.41. The van der Waals surface area contributed by atoms with E-state index in [-0.39, 0.29) is 23.8 Å². The van der Waals surface area contributed by atoms with Gasteiger partial charge in [0.2, 0.25) is 0 Å². The Morgan fingerprint density at radius 1 is 1.03 bits per heavy atom. The van der Waals surface area contributed by atoms with Crippen molar-refractivity contribution < 1.29 is 23.5 Å². The molecule has 0 saturated heterocycles. The molecule has 178 valence electrons. The average molecular weight is 493 g/mol. The number of esters is 1. The van der Waals surface area contributed by atoms with Crippen LogP contribution in [0.5, 0.6) is 0 Å². The summed E-state index contributed by atoms with van der Waals surface area (Å²) in [5.74, 6) is -1.78. The third-order valence-corrected chi connectivity index (χ3v) is 6.06. The number of ether oxygens (including phenoxy) is 1. The van der Waals surface area contributed by atoms with Gasteiger partial charge in [-0.05, 0) is 74.0 Å². The number of nitrogens with one attached hydrogen (secondary N) is 2. The van der Waals surface area contributed by atoms with E-state index in [1.807, 2.05) is 0 Å². The van der Waals surface area contributed by atoms with Crippen molar-refractivity contribution >= 4 is 39.8 Å². The van der Waals surface area contributed by atoms with Crippen LogP contribution >= 0.6 is 11.3 Å². The molecule has 2 N–H and O–H groups in total. The fourth-order valence-corrected chi connectivity index (χ4v) is 4.21. The quantitative estimate of drug-likeness (QED) is 0.351. The van der Waals surface area contributed by atoms with Crippen molar-refractivity contribution in [2.45, 2.75) is 13.8 Å². The van der Waals surface area contributed by atoms with E-state index >= 15 is 0 Å². The van der Waals surface area contributed by atoms with Crippen LogP contribution < -0.4 is 10.6 Å². The van der Waals surface area contributed by atoms with Gasteiger partial charge >= 0.3 is 5.97 Å². The fraction of sp³-hybridized carbons (Fsp3) is 0.120. The second-order valence-electron chi connectivity index (χ2n) is 7.45. The highest BCUT2D eigenvalue weighted by Crippen LogP contribution is 2.28. The van der Waals surface area contributed by atoms with Gasteiger partial charge in [-0.15, -0.1) is 11.3 Å². The van der Waals surface area contributed by atoms with E-state index in [0.717, 1.165) is 17.4 Å². The molecule has 4 rings (SSSR count). The van der Waals surface area contributed by atoms with Crippen molar-refractivity contribution in [1.82, 2.24) is 9.78 Å². The van der Waals surface area contributed by atoms with Crippen molar-refractivity contribution in [2.24, 2.45) is 0 Å². The summed E-state index contributed by atoms with van der Waals surface area (Å²) in [6, 6.07) is 15.6. The van der Waals surface area contributed by atoms with Gasteiger partial charge < -0.3 is 15.4 Å². The van der Waals surface area contributed by atoms with Gasteiger partial charge in [0.05, 0.1) is 22.2 Å². The number of thiophene rings is 1. The highest BCUT2D eigenvalue weighted by molar-refractivity contribution is 7.18. The van der Waals surface area contributed by atoms with E-state index in [1.54, 1.807) is 56.4 Å². The van der Waals surface area contributed by atoms with Crippen molar-refractivity contribution in [1.29, 1.82) is 0 Å². The summed E-state index contributed by atoms with van der Waals surface area (Å²) in [6.45, 7) is 3.76. The molecule has 0 fully saturated rings. The van der Waals surface area contributed by atoms with Crippen molar-refractivity contribution in [3.05, 3.63) is 94.4 Å². The molecule has 2 aromatic heterocycles. The minimum absolute atomic E-state index is 0.189. The molecule has 0 atom stereocenters. The Labute approximate surface area is 204 Å². The summed E-state index contributed by atoms with van der Waals surface area (Å²) in [7, 11) is 0. The molecule has 2 heterocycles. The Morgan fingerprint density at radius 2 is 1.80 bits per heavy atom. The number of carbonyl (C=O) groups excluding carboxylic acids is 3. The number of aryl methyl sites for hydroxylation is 1. The number of anilines is 2. The molecule has 35 heavy (non-hydrogen) atoms. The Morgan fingerprint density at radius 3 is 2.51 bits per heavy atom. The first-order valence-corrected chi connectivity index (χ1v) is 11.5. The molecule has 0 bridgehead atoms. The molecule has 0 spiro atoms. The molecule has 0 radical (unpaired) electrons.